The number of anilines is 1. The molecule has 0 atom stereocenters. The van der Waals surface area contributed by atoms with Crippen LogP contribution in [0.1, 0.15) is 12.8 Å². The van der Waals surface area contributed by atoms with Gasteiger partial charge in [0, 0.05) is 11.8 Å². The summed E-state index contributed by atoms with van der Waals surface area (Å²) >= 11 is 0. The molecule has 1 aromatic carbocycles. The van der Waals surface area contributed by atoms with Gasteiger partial charge in [-0.2, -0.15) is 0 Å². The molecule has 2 N–H and O–H groups in total. The van der Waals surface area contributed by atoms with Crippen molar-refractivity contribution in [2.45, 2.75) is 12.8 Å². The molecule has 0 unspecified atom stereocenters. The van der Waals surface area contributed by atoms with Gasteiger partial charge in [-0.3, -0.25) is 4.79 Å². The summed E-state index contributed by atoms with van der Waals surface area (Å²) in [6, 6.07) is 7.34. The van der Waals surface area contributed by atoms with Crippen LogP contribution in [-0.4, -0.2) is 51.6 Å². The lowest BCUT2D eigenvalue weighted by Crippen LogP contribution is -2.29. The van der Waals surface area contributed by atoms with Gasteiger partial charge in [-0.05, 0) is 52.2 Å². The number of hydrogen-bond donors (Lipinski definition) is 2. The Bertz CT molecular complexity index is 408. The Balaban J connectivity index is 2.16. The Morgan fingerprint density at radius 1 is 1.30 bits per heavy atom. The van der Waals surface area contributed by atoms with Crippen molar-refractivity contribution < 1.29 is 9.53 Å². The zero-order valence-electron chi connectivity index (χ0n) is 12.6. The molecule has 0 fully saturated rings. The SMILES string of the molecule is COc1cccc(NC(=O)CNCCCCN(C)C)c1. The molecule has 0 saturated carbocycles. The molecule has 0 bridgehead atoms. The number of carbonyl (C=O) groups is 1. The molecule has 112 valence electrons. The van der Waals surface area contributed by atoms with Crippen LogP contribution >= 0.6 is 0 Å². The predicted molar refractivity (Wildman–Crippen MR) is 82.3 cm³/mol. The highest BCUT2D eigenvalue weighted by Gasteiger charge is 2.02. The van der Waals surface area contributed by atoms with E-state index < -0.39 is 0 Å². The lowest BCUT2D eigenvalue weighted by molar-refractivity contribution is -0.115. The highest BCUT2D eigenvalue weighted by molar-refractivity contribution is 5.92. The highest BCUT2D eigenvalue weighted by atomic mass is 16.5. The van der Waals surface area contributed by atoms with E-state index in [-0.39, 0.29) is 5.91 Å². The fraction of sp³-hybridized carbons (Fsp3) is 0.533. The second kappa shape index (κ2) is 9.34. The number of methoxy groups -OCH3 is 1. The summed E-state index contributed by atoms with van der Waals surface area (Å²) in [5.74, 6) is 0.699. The molecule has 0 aliphatic heterocycles. The summed E-state index contributed by atoms with van der Waals surface area (Å²) in [7, 11) is 5.74. The first-order valence-corrected chi connectivity index (χ1v) is 6.91. The number of amides is 1. The molecule has 0 heterocycles. The summed E-state index contributed by atoms with van der Waals surface area (Å²) < 4.78 is 5.11. The van der Waals surface area contributed by atoms with Crippen LogP contribution in [0, 0.1) is 0 Å². The Kier molecular flexibility index (Phi) is 7.69. The standard InChI is InChI=1S/C15H25N3O2/c1-18(2)10-5-4-9-16-12-15(19)17-13-7-6-8-14(11-13)20-3/h6-8,11,16H,4-5,9-10,12H2,1-3H3,(H,17,19). The second-order valence-electron chi connectivity index (χ2n) is 4.97. The van der Waals surface area contributed by atoms with Crippen molar-refractivity contribution >= 4 is 11.6 Å². The normalized spacial score (nSPS) is 10.6. The van der Waals surface area contributed by atoms with Crippen molar-refractivity contribution in [2.75, 3.05) is 46.2 Å². The van der Waals surface area contributed by atoms with Gasteiger partial charge in [0.1, 0.15) is 5.75 Å². The number of unbranched alkanes of at least 4 members (excludes halogenated alkanes) is 1. The molecular weight excluding hydrogens is 254 g/mol. The van der Waals surface area contributed by atoms with Crippen molar-refractivity contribution in [1.82, 2.24) is 10.2 Å². The number of ether oxygens (including phenoxy) is 1. The number of nitrogens with zero attached hydrogens (tertiary/aromatic N) is 1. The number of rotatable bonds is 9. The Labute approximate surface area is 121 Å². The molecule has 0 radical (unpaired) electrons. The molecule has 1 amide bonds. The smallest absolute Gasteiger partial charge is 0.238 e. The van der Waals surface area contributed by atoms with Crippen LogP contribution in [0.5, 0.6) is 5.75 Å². The minimum Gasteiger partial charge on any atom is -0.497 e. The van der Waals surface area contributed by atoms with Gasteiger partial charge in [-0.25, -0.2) is 0 Å². The molecule has 0 spiro atoms. The molecular formula is C15H25N3O2. The van der Waals surface area contributed by atoms with E-state index in [1.54, 1.807) is 13.2 Å². The lowest BCUT2D eigenvalue weighted by atomic mass is 10.3. The van der Waals surface area contributed by atoms with Gasteiger partial charge in [0.2, 0.25) is 5.91 Å². The second-order valence-corrected chi connectivity index (χ2v) is 4.97. The van der Waals surface area contributed by atoms with Crippen molar-refractivity contribution in [3.05, 3.63) is 24.3 Å². The van der Waals surface area contributed by atoms with Crippen LogP contribution < -0.4 is 15.4 Å². The van der Waals surface area contributed by atoms with Crippen molar-refractivity contribution in [2.24, 2.45) is 0 Å². The molecule has 0 aromatic heterocycles. The fourth-order valence-corrected chi connectivity index (χ4v) is 1.79. The van der Waals surface area contributed by atoms with Crippen molar-refractivity contribution in [1.29, 1.82) is 0 Å². The van der Waals surface area contributed by atoms with Crippen LogP contribution in [0.4, 0.5) is 5.69 Å². The first kappa shape index (κ1) is 16.5. The summed E-state index contributed by atoms with van der Waals surface area (Å²) in [6.07, 6.45) is 2.21. The summed E-state index contributed by atoms with van der Waals surface area (Å²) in [5.41, 5.74) is 0.753. The molecule has 0 saturated heterocycles. The molecule has 1 aromatic rings. The minimum atomic E-state index is -0.0362. The van der Waals surface area contributed by atoms with Crippen molar-refractivity contribution in [3.8, 4) is 5.75 Å². The maximum atomic E-state index is 11.7. The van der Waals surface area contributed by atoms with Crippen LogP contribution in [-0.2, 0) is 4.79 Å². The Morgan fingerprint density at radius 3 is 2.80 bits per heavy atom. The summed E-state index contributed by atoms with van der Waals surface area (Å²) in [6.45, 7) is 2.27. The number of benzene rings is 1. The van der Waals surface area contributed by atoms with E-state index in [1.807, 2.05) is 18.2 Å². The Morgan fingerprint density at radius 2 is 2.10 bits per heavy atom. The zero-order valence-corrected chi connectivity index (χ0v) is 12.6. The lowest BCUT2D eigenvalue weighted by Gasteiger charge is -2.10. The third kappa shape index (κ3) is 7.11. The predicted octanol–water partition coefficient (Wildman–Crippen LogP) is 1.57. The average molecular weight is 279 g/mol. The number of nitrogens with one attached hydrogen (secondary N) is 2. The molecule has 5 nitrogen and oxygen atoms in total. The quantitative estimate of drug-likeness (QED) is 0.674. The highest BCUT2D eigenvalue weighted by Crippen LogP contribution is 2.16. The monoisotopic (exact) mass is 279 g/mol. The van der Waals surface area contributed by atoms with Gasteiger partial charge in [-0.15, -0.1) is 0 Å². The van der Waals surface area contributed by atoms with Crippen molar-refractivity contribution in [3.63, 3.8) is 0 Å². The fourth-order valence-electron chi connectivity index (χ4n) is 1.79. The first-order chi connectivity index (χ1) is 9.61. The van der Waals surface area contributed by atoms with Gasteiger partial charge in [0.25, 0.3) is 0 Å². The van der Waals surface area contributed by atoms with Gasteiger partial charge in [-0.1, -0.05) is 6.07 Å². The third-order valence-electron chi connectivity index (χ3n) is 2.85. The third-order valence-corrected chi connectivity index (χ3v) is 2.85. The van der Waals surface area contributed by atoms with E-state index in [2.05, 4.69) is 29.6 Å². The van der Waals surface area contributed by atoms with E-state index in [0.29, 0.717) is 6.54 Å². The van der Waals surface area contributed by atoms with E-state index in [0.717, 1.165) is 37.4 Å². The Hall–Kier alpha value is -1.59. The van der Waals surface area contributed by atoms with Gasteiger partial charge in [0.05, 0.1) is 13.7 Å². The molecule has 0 aliphatic carbocycles. The maximum Gasteiger partial charge on any atom is 0.238 e. The molecule has 0 aliphatic rings. The van der Waals surface area contributed by atoms with Crippen LogP contribution in [0.3, 0.4) is 0 Å². The molecule has 5 heteroatoms. The first-order valence-electron chi connectivity index (χ1n) is 6.91. The zero-order chi connectivity index (χ0) is 14.8. The minimum absolute atomic E-state index is 0.0362. The summed E-state index contributed by atoms with van der Waals surface area (Å²) in [5, 5.41) is 5.98. The van der Waals surface area contributed by atoms with E-state index in [4.69, 9.17) is 4.74 Å². The topological polar surface area (TPSA) is 53.6 Å². The van der Waals surface area contributed by atoms with Crippen LogP contribution in [0.25, 0.3) is 0 Å². The van der Waals surface area contributed by atoms with E-state index in [1.165, 1.54) is 0 Å². The van der Waals surface area contributed by atoms with Gasteiger partial charge >= 0.3 is 0 Å². The number of carbonyl (C=O) groups excluding carboxylic acids is 1. The maximum absolute atomic E-state index is 11.7. The molecule has 20 heavy (non-hydrogen) atoms. The van der Waals surface area contributed by atoms with Crippen LogP contribution in [0.2, 0.25) is 0 Å². The van der Waals surface area contributed by atoms with E-state index >= 15 is 0 Å². The van der Waals surface area contributed by atoms with Crippen LogP contribution in [0.15, 0.2) is 24.3 Å². The largest absolute Gasteiger partial charge is 0.497 e. The summed E-state index contributed by atoms with van der Waals surface area (Å²) in [4.78, 5) is 13.9. The van der Waals surface area contributed by atoms with E-state index in [9.17, 15) is 4.79 Å². The van der Waals surface area contributed by atoms with Gasteiger partial charge < -0.3 is 20.3 Å². The number of hydrogen-bond acceptors (Lipinski definition) is 4. The average Bonchev–Trinajstić information content (AvgIpc) is 2.42. The molecule has 1 rings (SSSR count). The van der Waals surface area contributed by atoms with Gasteiger partial charge in [0.15, 0.2) is 0 Å².